The van der Waals surface area contributed by atoms with Crippen molar-refractivity contribution >= 4 is 23.6 Å². The Kier molecular flexibility index (Phi) is 8.35. The van der Waals surface area contributed by atoms with Crippen LogP contribution < -0.4 is 10.1 Å². The quantitative estimate of drug-likeness (QED) is 0.467. The van der Waals surface area contributed by atoms with Crippen molar-refractivity contribution in [2.45, 2.75) is 64.3 Å². The molecule has 0 bridgehead atoms. The number of amides is 4. The Morgan fingerprint density at radius 1 is 1.02 bits per heavy atom. The molecule has 1 unspecified atom stereocenters. The number of fused-ring (bicyclic) bond motifs is 1. The lowest BCUT2D eigenvalue weighted by molar-refractivity contribution is -0.160. The Morgan fingerprint density at radius 2 is 1.73 bits per heavy atom. The minimum absolute atomic E-state index is 0.198. The normalized spacial score (nSPS) is 19.8. The van der Waals surface area contributed by atoms with Gasteiger partial charge in [-0.25, -0.2) is 0 Å². The smallest absolute Gasteiger partial charge is 0.324 e. The Morgan fingerprint density at radius 3 is 2.41 bits per heavy atom. The van der Waals surface area contributed by atoms with E-state index in [-0.39, 0.29) is 50.9 Å². The van der Waals surface area contributed by atoms with Crippen LogP contribution in [0.4, 0.5) is 8.78 Å². The van der Waals surface area contributed by atoms with Crippen LogP contribution in [0.3, 0.4) is 0 Å². The van der Waals surface area contributed by atoms with E-state index in [1.807, 2.05) is 24.3 Å². The lowest BCUT2D eigenvalue weighted by atomic mass is 10.0. The first kappa shape index (κ1) is 28.7. The molecule has 3 aliphatic heterocycles. The molecule has 0 radical (unpaired) electrons. The molecule has 3 heterocycles. The maximum Gasteiger partial charge on any atom is 0.324 e. The van der Waals surface area contributed by atoms with Gasteiger partial charge in [0.15, 0.2) is 0 Å². The second-order valence-electron chi connectivity index (χ2n) is 10.8. The van der Waals surface area contributed by atoms with Crippen molar-refractivity contribution in [2.24, 2.45) is 0 Å². The molecule has 218 valence electrons. The van der Waals surface area contributed by atoms with E-state index in [2.05, 4.69) is 10.2 Å². The number of carbonyl (C=O) groups is 4. The van der Waals surface area contributed by atoms with E-state index in [4.69, 9.17) is 4.74 Å². The van der Waals surface area contributed by atoms with E-state index in [0.29, 0.717) is 37.4 Å². The van der Waals surface area contributed by atoms with E-state index in [0.717, 1.165) is 16.7 Å². The number of nitrogens with one attached hydrogen (secondary N) is 1. The summed E-state index contributed by atoms with van der Waals surface area (Å²) in [7, 11) is 0. The number of piperidine rings is 1. The van der Waals surface area contributed by atoms with Crippen molar-refractivity contribution in [1.29, 1.82) is 0 Å². The maximum atomic E-state index is 14.0. The second kappa shape index (κ2) is 11.9. The van der Waals surface area contributed by atoms with Crippen LogP contribution in [0.2, 0.25) is 0 Å². The van der Waals surface area contributed by atoms with Crippen LogP contribution >= 0.6 is 0 Å². The van der Waals surface area contributed by atoms with Crippen molar-refractivity contribution in [3.05, 3.63) is 64.7 Å². The highest BCUT2D eigenvalue weighted by atomic mass is 19.3. The van der Waals surface area contributed by atoms with E-state index in [9.17, 15) is 28.0 Å². The standard InChI is InChI=1S/C30H34F2N4O5/c1-2-12-30(31,32)29(40)35-15-13-34(14-16-35)17-20-6-8-21(9-7-20)19-41-25-5-3-4-22-23(25)18-36(28(22)39)24-10-11-26(37)33-27(24)38/h3-9,24H,2,10-19H2,1H3,(H,33,37,38). The SMILES string of the molecule is CCCC(F)(F)C(=O)N1CCN(Cc2ccc(COc3cccc4c3CN(C3CCC(=O)NC3=O)C4=O)cc2)CC1. The zero-order valence-corrected chi connectivity index (χ0v) is 23.0. The molecule has 0 saturated carbocycles. The third-order valence-electron chi connectivity index (χ3n) is 7.90. The third kappa shape index (κ3) is 6.24. The summed E-state index contributed by atoms with van der Waals surface area (Å²) in [5.41, 5.74) is 3.23. The van der Waals surface area contributed by atoms with E-state index in [1.165, 1.54) is 9.80 Å². The van der Waals surface area contributed by atoms with Gasteiger partial charge in [0.1, 0.15) is 18.4 Å². The Labute approximate surface area is 237 Å². The molecular weight excluding hydrogens is 534 g/mol. The summed E-state index contributed by atoms with van der Waals surface area (Å²) < 4.78 is 34.1. The Bertz CT molecular complexity index is 1320. The van der Waals surface area contributed by atoms with Gasteiger partial charge in [-0.1, -0.05) is 37.3 Å². The van der Waals surface area contributed by atoms with Crippen LogP contribution in [0, 0.1) is 0 Å². The number of nitrogens with zero attached hydrogens (tertiary/aromatic N) is 3. The molecule has 2 aromatic rings. The first-order valence-electron chi connectivity index (χ1n) is 14.0. The molecule has 0 aliphatic carbocycles. The van der Waals surface area contributed by atoms with Crippen molar-refractivity contribution < 1.29 is 32.7 Å². The molecule has 1 atom stereocenters. The van der Waals surface area contributed by atoms with Crippen LogP contribution in [0.1, 0.15) is 59.7 Å². The Hall–Kier alpha value is -3.86. The molecule has 0 aromatic heterocycles. The highest BCUT2D eigenvalue weighted by Gasteiger charge is 2.42. The molecule has 41 heavy (non-hydrogen) atoms. The number of hydrogen-bond acceptors (Lipinski definition) is 6. The highest BCUT2D eigenvalue weighted by Crippen LogP contribution is 2.34. The van der Waals surface area contributed by atoms with Gasteiger partial charge in [-0.05, 0) is 36.1 Å². The fourth-order valence-corrected chi connectivity index (χ4v) is 5.61. The van der Waals surface area contributed by atoms with Crippen LogP contribution in [0.5, 0.6) is 5.75 Å². The fraction of sp³-hybridized carbons (Fsp3) is 0.467. The topological polar surface area (TPSA) is 99.3 Å². The van der Waals surface area contributed by atoms with Gasteiger partial charge < -0.3 is 14.5 Å². The predicted octanol–water partition coefficient (Wildman–Crippen LogP) is 3.11. The van der Waals surface area contributed by atoms with Crippen LogP contribution in [0.15, 0.2) is 42.5 Å². The summed E-state index contributed by atoms with van der Waals surface area (Å²) in [6.45, 7) is 4.47. The number of alkyl halides is 2. The van der Waals surface area contributed by atoms with Gasteiger partial charge in [-0.2, -0.15) is 8.78 Å². The van der Waals surface area contributed by atoms with Gasteiger partial charge in [0, 0.05) is 56.7 Å². The lowest BCUT2D eigenvalue weighted by Gasteiger charge is -2.36. The van der Waals surface area contributed by atoms with E-state index in [1.54, 1.807) is 25.1 Å². The first-order valence-corrected chi connectivity index (χ1v) is 14.0. The summed E-state index contributed by atoms with van der Waals surface area (Å²) in [6, 6.07) is 12.5. The minimum atomic E-state index is -3.29. The summed E-state index contributed by atoms with van der Waals surface area (Å²) in [5.74, 6) is -4.81. The molecule has 2 saturated heterocycles. The van der Waals surface area contributed by atoms with Gasteiger partial charge in [0.2, 0.25) is 11.8 Å². The van der Waals surface area contributed by atoms with Crippen molar-refractivity contribution in [3.63, 3.8) is 0 Å². The molecule has 5 rings (SSSR count). The van der Waals surface area contributed by atoms with Gasteiger partial charge in [0.25, 0.3) is 11.8 Å². The highest BCUT2D eigenvalue weighted by molar-refractivity contribution is 6.05. The van der Waals surface area contributed by atoms with Crippen molar-refractivity contribution in [2.75, 3.05) is 26.2 Å². The number of benzene rings is 2. The van der Waals surface area contributed by atoms with Gasteiger partial charge in [0.05, 0.1) is 6.54 Å². The number of rotatable bonds is 9. The maximum absolute atomic E-state index is 14.0. The Balaban J connectivity index is 1.13. The number of imide groups is 1. The molecule has 4 amide bonds. The molecule has 9 nitrogen and oxygen atoms in total. The molecular formula is C30H34F2N4O5. The summed E-state index contributed by atoms with van der Waals surface area (Å²) in [6.07, 6.45) is 0.337. The third-order valence-corrected chi connectivity index (χ3v) is 7.90. The molecule has 3 aliphatic rings. The summed E-state index contributed by atoms with van der Waals surface area (Å²) in [4.78, 5) is 54.0. The fourth-order valence-electron chi connectivity index (χ4n) is 5.61. The summed E-state index contributed by atoms with van der Waals surface area (Å²) >= 11 is 0. The molecule has 11 heteroatoms. The van der Waals surface area contributed by atoms with Crippen LogP contribution in [-0.2, 0) is 34.1 Å². The van der Waals surface area contributed by atoms with Gasteiger partial charge in [-0.15, -0.1) is 0 Å². The average Bonchev–Trinajstić information content (AvgIpc) is 3.29. The number of ether oxygens (including phenoxy) is 1. The minimum Gasteiger partial charge on any atom is -0.489 e. The van der Waals surface area contributed by atoms with Gasteiger partial charge >= 0.3 is 5.92 Å². The zero-order chi connectivity index (χ0) is 29.1. The van der Waals surface area contributed by atoms with Crippen molar-refractivity contribution in [1.82, 2.24) is 20.0 Å². The average molecular weight is 569 g/mol. The lowest BCUT2D eigenvalue weighted by Crippen LogP contribution is -2.53. The molecule has 2 fully saturated rings. The molecule has 2 aromatic carbocycles. The summed E-state index contributed by atoms with van der Waals surface area (Å²) in [5, 5.41) is 2.31. The van der Waals surface area contributed by atoms with E-state index < -0.39 is 30.2 Å². The van der Waals surface area contributed by atoms with Crippen LogP contribution in [0.25, 0.3) is 0 Å². The number of hydrogen-bond donors (Lipinski definition) is 1. The largest absolute Gasteiger partial charge is 0.489 e. The van der Waals surface area contributed by atoms with Crippen molar-refractivity contribution in [3.8, 4) is 5.75 Å². The van der Waals surface area contributed by atoms with E-state index >= 15 is 0 Å². The molecule has 1 N–H and O–H groups in total. The van der Waals surface area contributed by atoms with Crippen LogP contribution in [-0.4, -0.2) is 76.5 Å². The van der Waals surface area contributed by atoms with Gasteiger partial charge in [-0.3, -0.25) is 29.4 Å². The second-order valence-corrected chi connectivity index (χ2v) is 10.8. The predicted molar refractivity (Wildman–Crippen MR) is 145 cm³/mol. The number of piperazine rings is 1. The zero-order valence-electron chi connectivity index (χ0n) is 23.0. The number of carbonyl (C=O) groups excluding carboxylic acids is 4. The first-order chi connectivity index (χ1) is 19.7. The monoisotopic (exact) mass is 568 g/mol. The molecule has 0 spiro atoms. The number of halogens is 2.